The number of rotatable bonds is 4. The van der Waals surface area contributed by atoms with Crippen molar-refractivity contribution < 1.29 is 14.3 Å². The summed E-state index contributed by atoms with van der Waals surface area (Å²) in [7, 11) is 0. The molecule has 0 aromatic carbocycles. The number of esters is 1. The lowest BCUT2D eigenvalue weighted by molar-refractivity contribution is -0.157. The first-order valence-electron chi connectivity index (χ1n) is 9.68. The predicted octanol–water partition coefficient (Wildman–Crippen LogP) is 5.19. The van der Waals surface area contributed by atoms with Gasteiger partial charge in [-0.25, -0.2) is 4.79 Å². The molecule has 0 aromatic heterocycles. The zero-order chi connectivity index (χ0) is 18.2. The lowest BCUT2D eigenvalue weighted by atomic mass is 9.47. The highest BCUT2D eigenvalue weighted by Gasteiger charge is 2.52. The molecular weight excluding hydrogens is 312 g/mol. The summed E-state index contributed by atoms with van der Waals surface area (Å²) in [5.74, 6) is 0.738. The van der Waals surface area contributed by atoms with Crippen LogP contribution < -0.4 is 0 Å². The van der Waals surface area contributed by atoms with Crippen molar-refractivity contribution in [1.82, 2.24) is 0 Å². The summed E-state index contributed by atoms with van der Waals surface area (Å²) in [4.78, 5) is 12.0. The fraction of sp³-hybridized carbons (Fsp3) is 0.682. The summed E-state index contributed by atoms with van der Waals surface area (Å²) in [5, 5.41) is 0. The summed E-state index contributed by atoms with van der Waals surface area (Å²) >= 11 is 0. The molecule has 0 N–H and O–H groups in total. The fourth-order valence-electron chi connectivity index (χ4n) is 5.56. The lowest BCUT2D eigenvalue weighted by Crippen LogP contribution is -2.48. The summed E-state index contributed by atoms with van der Waals surface area (Å²) in [6.45, 7) is 14.1. The second-order valence-corrected chi connectivity index (χ2v) is 8.79. The molecule has 2 fully saturated rings. The van der Waals surface area contributed by atoms with Crippen LogP contribution in [-0.2, 0) is 14.3 Å². The minimum atomic E-state index is -0.538. The standard InChI is InChI=1S/C22H32O3/c1-6-24-19-14-16(20(23)25-19)9-10-17-15(2)8-11-18-21(3,4)12-7-13-22(17,18)5/h9-10,14,17-19H,2,6-8,11-13H2,1,3-5H3. The average molecular weight is 344 g/mol. The summed E-state index contributed by atoms with van der Waals surface area (Å²) in [5.41, 5.74) is 2.52. The van der Waals surface area contributed by atoms with Gasteiger partial charge in [0.1, 0.15) is 0 Å². The molecule has 0 amide bonds. The Morgan fingerprint density at radius 3 is 2.84 bits per heavy atom. The summed E-state index contributed by atoms with van der Waals surface area (Å²) < 4.78 is 10.6. The number of allylic oxidation sites excluding steroid dienone is 2. The van der Waals surface area contributed by atoms with Gasteiger partial charge in [-0.3, -0.25) is 0 Å². The smallest absolute Gasteiger partial charge is 0.340 e. The molecule has 0 aromatic rings. The van der Waals surface area contributed by atoms with E-state index < -0.39 is 6.29 Å². The van der Waals surface area contributed by atoms with Gasteiger partial charge in [0, 0.05) is 12.5 Å². The summed E-state index contributed by atoms with van der Waals surface area (Å²) in [6.07, 6.45) is 11.5. The van der Waals surface area contributed by atoms with Crippen LogP contribution in [0.25, 0.3) is 0 Å². The predicted molar refractivity (Wildman–Crippen MR) is 99.8 cm³/mol. The van der Waals surface area contributed by atoms with Crippen LogP contribution in [0, 0.1) is 22.7 Å². The van der Waals surface area contributed by atoms with Crippen LogP contribution in [0.4, 0.5) is 0 Å². The molecule has 0 bridgehead atoms. The molecule has 25 heavy (non-hydrogen) atoms. The van der Waals surface area contributed by atoms with Crippen LogP contribution >= 0.6 is 0 Å². The highest BCUT2D eigenvalue weighted by atomic mass is 16.7. The number of carbonyl (C=O) groups is 1. The minimum Gasteiger partial charge on any atom is -0.428 e. The Morgan fingerprint density at radius 2 is 2.12 bits per heavy atom. The SMILES string of the molecule is C=C1CCC2C(C)(C)CCCC2(C)C1C=CC1=CC(OCC)OC1=O. The van der Waals surface area contributed by atoms with Gasteiger partial charge < -0.3 is 9.47 Å². The molecule has 1 aliphatic heterocycles. The molecule has 0 radical (unpaired) electrons. The van der Waals surface area contributed by atoms with E-state index in [-0.39, 0.29) is 11.4 Å². The lowest BCUT2D eigenvalue weighted by Gasteiger charge is -2.57. The highest BCUT2D eigenvalue weighted by molar-refractivity contribution is 5.93. The van der Waals surface area contributed by atoms with Crippen molar-refractivity contribution in [1.29, 1.82) is 0 Å². The van der Waals surface area contributed by atoms with E-state index in [2.05, 4.69) is 33.4 Å². The molecule has 0 saturated heterocycles. The molecule has 138 valence electrons. The van der Waals surface area contributed by atoms with E-state index >= 15 is 0 Å². The maximum Gasteiger partial charge on any atom is 0.340 e. The van der Waals surface area contributed by atoms with Gasteiger partial charge in [-0.05, 0) is 55.4 Å². The number of fused-ring (bicyclic) bond motifs is 1. The van der Waals surface area contributed by atoms with E-state index in [0.29, 0.717) is 29.4 Å². The monoisotopic (exact) mass is 344 g/mol. The van der Waals surface area contributed by atoms with Gasteiger partial charge >= 0.3 is 5.97 Å². The average Bonchev–Trinajstić information content (AvgIpc) is 2.86. The van der Waals surface area contributed by atoms with Gasteiger partial charge in [-0.2, -0.15) is 0 Å². The molecule has 3 nitrogen and oxygen atoms in total. The molecule has 0 spiro atoms. The number of hydrogen-bond donors (Lipinski definition) is 0. The van der Waals surface area contributed by atoms with Gasteiger partial charge in [-0.1, -0.05) is 51.5 Å². The molecule has 2 saturated carbocycles. The Balaban J connectivity index is 1.84. The van der Waals surface area contributed by atoms with Gasteiger partial charge in [-0.15, -0.1) is 0 Å². The third-order valence-corrected chi connectivity index (χ3v) is 6.75. The molecule has 2 aliphatic carbocycles. The highest BCUT2D eigenvalue weighted by Crippen LogP contribution is 2.61. The van der Waals surface area contributed by atoms with Crippen molar-refractivity contribution in [2.24, 2.45) is 22.7 Å². The third kappa shape index (κ3) is 3.36. The molecular formula is C22H32O3. The van der Waals surface area contributed by atoms with Crippen molar-refractivity contribution in [3.8, 4) is 0 Å². The number of carbonyl (C=O) groups excluding carboxylic acids is 1. The molecule has 1 heterocycles. The second-order valence-electron chi connectivity index (χ2n) is 8.79. The van der Waals surface area contributed by atoms with Crippen LogP contribution in [0.1, 0.15) is 59.8 Å². The maximum absolute atomic E-state index is 12.0. The molecule has 3 rings (SSSR count). The van der Waals surface area contributed by atoms with E-state index in [0.717, 1.165) is 6.42 Å². The maximum atomic E-state index is 12.0. The summed E-state index contributed by atoms with van der Waals surface area (Å²) in [6, 6.07) is 0. The van der Waals surface area contributed by atoms with Gasteiger partial charge in [0.2, 0.25) is 6.29 Å². The largest absolute Gasteiger partial charge is 0.428 e. The van der Waals surface area contributed by atoms with Crippen molar-refractivity contribution >= 4 is 5.97 Å². The Bertz CT molecular complexity index is 613. The molecule has 3 heteroatoms. The molecule has 3 aliphatic rings. The Morgan fingerprint density at radius 1 is 1.36 bits per heavy atom. The third-order valence-electron chi connectivity index (χ3n) is 6.75. The van der Waals surface area contributed by atoms with E-state index in [9.17, 15) is 4.79 Å². The van der Waals surface area contributed by atoms with Crippen molar-refractivity contribution in [2.45, 2.75) is 66.1 Å². The quantitative estimate of drug-likeness (QED) is 0.520. The first-order chi connectivity index (χ1) is 11.8. The van der Waals surface area contributed by atoms with Gasteiger partial charge in [0.15, 0.2) is 0 Å². The zero-order valence-electron chi connectivity index (χ0n) is 16.1. The van der Waals surface area contributed by atoms with E-state index in [4.69, 9.17) is 9.47 Å². The van der Waals surface area contributed by atoms with E-state index in [1.165, 1.54) is 31.3 Å². The van der Waals surface area contributed by atoms with E-state index in [1.54, 1.807) is 6.08 Å². The van der Waals surface area contributed by atoms with Gasteiger partial charge in [0.05, 0.1) is 5.57 Å². The minimum absolute atomic E-state index is 0.232. The van der Waals surface area contributed by atoms with E-state index in [1.807, 2.05) is 13.0 Å². The van der Waals surface area contributed by atoms with Crippen molar-refractivity contribution in [2.75, 3.05) is 6.61 Å². The fourth-order valence-corrected chi connectivity index (χ4v) is 5.56. The Kier molecular flexibility index (Phi) is 4.98. The Labute approximate surface area is 152 Å². The molecule has 4 atom stereocenters. The molecule has 4 unspecified atom stereocenters. The van der Waals surface area contributed by atoms with Crippen molar-refractivity contribution in [3.63, 3.8) is 0 Å². The van der Waals surface area contributed by atoms with Crippen LogP contribution in [0.5, 0.6) is 0 Å². The number of hydrogen-bond acceptors (Lipinski definition) is 3. The van der Waals surface area contributed by atoms with Crippen LogP contribution in [-0.4, -0.2) is 18.9 Å². The van der Waals surface area contributed by atoms with Crippen LogP contribution in [0.3, 0.4) is 0 Å². The van der Waals surface area contributed by atoms with Crippen molar-refractivity contribution in [3.05, 3.63) is 36.0 Å². The number of cyclic esters (lactones) is 1. The normalized spacial score (nSPS) is 37.8. The second kappa shape index (κ2) is 6.75. The first kappa shape index (κ1) is 18.4. The van der Waals surface area contributed by atoms with Gasteiger partial charge in [0.25, 0.3) is 0 Å². The topological polar surface area (TPSA) is 35.5 Å². The zero-order valence-corrected chi connectivity index (χ0v) is 16.1. The van der Waals surface area contributed by atoms with Crippen LogP contribution in [0.2, 0.25) is 0 Å². The Hall–Kier alpha value is -1.35. The van der Waals surface area contributed by atoms with Crippen LogP contribution in [0.15, 0.2) is 36.0 Å². The first-order valence-corrected chi connectivity index (χ1v) is 9.68. The number of ether oxygens (including phenoxy) is 2.